The summed E-state index contributed by atoms with van der Waals surface area (Å²) >= 11 is 0. The van der Waals surface area contributed by atoms with E-state index in [2.05, 4.69) is 10.3 Å². The summed E-state index contributed by atoms with van der Waals surface area (Å²) in [5.74, 6) is 0.161. The zero-order valence-corrected chi connectivity index (χ0v) is 17.0. The third-order valence-electron chi connectivity index (χ3n) is 5.24. The summed E-state index contributed by atoms with van der Waals surface area (Å²) in [6, 6.07) is 3.54. The molecule has 1 atom stereocenters. The van der Waals surface area contributed by atoms with Crippen LogP contribution < -0.4 is 4.74 Å². The van der Waals surface area contributed by atoms with Gasteiger partial charge < -0.3 is 9.64 Å². The first kappa shape index (κ1) is 21.1. The molecule has 6 nitrogen and oxygen atoms in total. The Balaban J connectivity index is 1.66. The van der Waals surface area contributed by atoms with Crippen molar-refractivity contribution in [2.75, 3.05) is 13.7 Å². The van der Waals surface area contributed by atoms with Crippen LogP contribution in [-0.2, 0) is 31.2 Å². The van der Waals surface area contributed by atoms with Gasteiger partial charge in [0.1, 0.15) is 5.75 Å². The molecule has 1 amide bonds. The number of nitrogens with zero attached hydrogens (tertiary/aromatic N) is 4. The molecule has 1 aromatic heterocycles. The number of hydrogen-bond donors (Lipinski definition) is 0. The molecule has 2 aromatic rings. The Labute approximate surface area is 167 Å². The summed E-state index contributed by atoms with van der Waals surface area (Å²) in [4.78, 5) is 14.6. The molecule has 1 aliphatic rings. The van der Waals surface area contributed by atoms with Gasteiger partial charge in [-0.3, -0.25) is 9.48 Å². The molecule has 9 heteroatoms. The lowest BCUT2D eigenvalue weighted by atomic mass is 9.88. The van der Waals surface area contributed by atoms with Crippen LogP contribution in [0.25, 0.3) is 0 Å². The molecule has 0 bridgehead atoms. The van der Waals surface area contributed by atoms with Gasteiger partial charge >= 0.3 is 6.18 Å². The average molecular weight is 410 g/mol. The standard InChI is InChI=1S/C20H25F3N4O2/c1-12-7-14(8-13(2)18(12)29-11-20(21,22)23)10-26(3)19(28)15-5-6-16-17(9-15)27(4)25-24-16/h7-8,15H,5-6,9-11H2,1-4H3. The highest BCUT2D eigenvalue weighted by atomic mass is 19.4. The second-order valence-electron chi connectivity index (χ2n) is 7.70. The van der Waals surface area contributed by atoms with E-state index < -0.39 is 12.8 Å². The minimum atomic E-state index is -4.38. The van der Waals surface area contributed by atoms with Crippen molar-refractivity contribution in [1.82, 2.24) is 19.9 Å². The lowest BCUT2D eigenvalue weighted by Gasteiger charge is -2.27. The maximum Gasteiger partial charge on any atom is 0.422 e. The summed E-state index contributed by atoms with van der Waals surface area (Å²) in [5.41, 5.74) is 4.05. The second-order valence-corrected chi connectivity index (χ2v) is 7.70. The van der Waals surface area contributed by atoms with Gasteiger partial charge in [-0.15, -0.1) is 5.10 Å². The number of amides is 1. The van der Waals surface area contributed by atoms with E-state index in [9.17, 15) is 18.0 Å². The van der Waals surface area contributed by atoms with Gasteiger partial charge in [-0.1, -0.05) is 17.3 Å². The second kappa shape index (κ2) is 8.04. The quantitative estimate of drug-likeness (QED) is 0.760. The number of benzene rings is 1. The average Bonchev–Trinajstić information content (AvgIpc) is 3.00. The minimum absolute atomic E-state index is 0.0459. The summed E-state index contributed by atoms with van der Waals surface area (Å²) in [6.45, 7) is 2.48. The van der Waals surface area contributed by atoms with Crippen LogP contribution in [0.4, 0.5) is 13.2 Å². The molecule has 1 aromatic carbocycles. The number of alkyl halides is 3. The number of carbonyl (C=O) groups excluding carboxylic acids is 1. The fraction of sp³-hybridized carbons (Fsp3) is 0.550. The van der Waals surface area contributed by atoms with E-state index in [1.54, 1.807) is 42.6 Å². The predicted octanol–water partition coefficient (Wildman–Crippen LogP) is 3.14. The van der Waals surface area contributed by atoms with Crippen molar-refractivity contribution in [3.05, 3.63) is 40.2 Å². The molecule has 0 spiro atoms. The normalized spacial score (nSPS) is 16.4. The van der Waals surface area contributed by atoms with Crippen molar-refractivity contribution in [3.8, 4) is 5.75 Å². The zero-order valence-electron chi connectivity index (χ0n) is 17.0. The van der Waals surface area contributed by atoms with Crippen LogP contribution in [0.2, 0.25) is 0 Å². The SMILES string of the molecule is Cc1cc(CN(C)C(=O)C2CCc3nnn(C)c3C2)cc(C)c1OCC(F)(F)F. The van der Waals surface area contributed by atoms with Crippen molar-refractivity contribution in [2.24, 2.45) is 13.0 Å². The number of carbonyl (C=O) groups is 1. The Hall–Kier alpha value is -2.58. The van der Waals surface area contributed by atoms with E-state index in [0.29, 0.717) is 24.1 Å². The topological polar surface area (TPSA) is 60.2 Å². The Morgan fingerprint density at radius 3 is 2.59 bits per heavy atom. The van der Waals surface area contributed by atoms with Crippen LogP contribution in [0.5, 0.6) is 5.75 Å². The predicted molar refractivity (Wildman–Crippen MR) is 100 cm³/mol. The van der Waals surface area contributed by atoms with Gasteiger partial charge in [0.05, 0.1) is 11.4 Å². The molecule has 3 rings (SSSR count). The molecule has 29 heavy (non-hydrogen) atoms. The maximum atomic E-state index is 12.9. The number of halogens is 3. The Morgan fingerprint density at radius 2 is 1.97 bits per heavy atom. The van der Waals surface area contributed by atoms with E-state index in [-0.39, 0.29) is 17.6 Å². The first-order chi connectivity index (χ1) is 13.5. The lowest BCUT2D eigenvalue weighted by Crippen LogP contribution is -2.35. The van der Waals surface area contributed by atoms with Crippen molar-refractivity contribution in [1.29, 1.82) is 0 Å². The van der Waals surface area contributed by atoms with Crippen LogP contribution in [0.15, 0.2) is 12.1 Å². The number of rotatable bonds is 5. The number of aryl methyl sites for hydroxylation is 4. The summed E-state index contributed by atoms with van der Waals surface area (Å²) in [5, 5.41) is 8.15. The smallest absolute Gasteiger partial charge is 0.422 e. The van der Waals surface area contributed by atoms with Crippen LogP contribution in [0.1, 0.15) is 34.5 Å². The first-order valence-electron chi connectivity index (χ1n) is 9.47. The number of fused-ring (bicyclic) bond motifs is 1. The highest BCUT2D eigenvalue weighted by molar-refractivity contribution is 5.79. The molecular weight excluding hydrogens is 385 g/mol. The minimum Gasteiger partial charge on any atom is -0.484 e. The van der Waals surface area contributed by atoms with Gasteiger partial charge in [0.25, 0.3) is 0 Å². The Bertz CT molecular complexity index is 885. The highest BCUT2D eigenvalue weighted by Crippen LogP contribution is 2.29. The largest absolute Gasteiger partial charge is 0.484 e. The fourth-order valence-electron chi connectivity index (χ4n) is 3.90. The third kappa shape index (κ3) is 4.89. The van der Waals surface area contributed by atoms with Crippen molar-refractivity contribution in [3.63, 3.8) is 0 Å². The number of aromatic nitrogens is 3. The van der Waals surface area contributed by atoms with Gasteiger partial charge in [0.15, 0.2) is 6.61 Å². The van der Waals surface area contributed by atoms with Gasteiger partial charge in [-0.25, -0.2) is 0 Å². The number of ether oxygens (including phenoxy) is 1. The molecule has 1 unspecified atom stereocenters. The summed E-state index contributed by atoms with van der Waals surface area (Å²) in [6.07, 6.45) is -2.30. The van der Waals surface area contributed by atoms with Gasteiger partial charge in [-0.2, -0.15) is 13.2 Å². The lowest BCUT2D eigenvalue weighted by molar-refractivity contribution is -0.153. The van der Waals surface area contributed by atoms with E-state index >= 15 is 0 Å². The van der Waals surface area contributed by atoms with Gasteiger partial charge in [0.2, 0.25) is 5.91 Å². The van der Waals surface area contributed by atoms with Crippen molar-refractivity contribution < 1.29 is 22.7 Å². The van der Waals surface area contributed by atoms with Crippen LogP contribution >= 0.6 is 0 Å². The van der Waals surface area contributed by atoms with E-state index in [1.807, 2.05) is 7.05 Å². The Kier molecular flexibility index (Phi) is 5.86. The van der Waals surface area contributed by atoms with E-state index in [1.165, 1.54) is 0 Å². The van der Waals surface area contributed by atoms with Crippen LogP contribution in [0.3, 0.4) is 0 Å². The monoisotopic (exact) mass is 410 g/mol. The molecule has 0 saturated heterocycles. The molecule has 0 radical (unpaired) electrons. The first-order valence-corrected chi connectivity index (χ1v) is 9.47. The summed E-state index contributed by atoms with van der Waals surface area (Å²) < 4.78 is 44.0. The van der Waals surface area contributed by atoms with E-state index in [0.717, 1.165) is 29.8 Å². The van der Waals surface area contributed by atoms with Gasteiger partial charge in [-0.05, 0) is 43.4 Å². The molecule has 1 heterocycles. The molecule has 1 aliphatic carbocycles. The molecule has 0 aliphatic heterocycles. The number of hydrogen-bond acceptors (Lipinski definition) is 4. The third-order valence-corrected chi connectivity index (χ3v) is 5.24. The van der Waals surface area contributed by atoms with Gasteiger partial charge in [0, 0.05) is 33.0 Å². The maximum absolute atomic E-state index is 12.9. The molecule has 0 fully saturated rings. The van der Waals surface area contributed by atoms with Crippen LogP contribution in [-0.4, -0.2) is 45.6 Å². The molecule has 158 valence electrons. The summed E-state index contributed by atoms with van der Waals surface area (Å²) in [7, 11) is 3.58. The molecule has 0 saturated carbocycles. The Morgan fingerprint density at radius 1 is 1.31 bits per heavy atom. The zero-order chi connectivity index (χ0) is 21.3. The van der Waals surface area contributed by atoms with Crippen LogP contribution in [0, 0.1) is 19.8 Å². The van der Waals surface area contributed by atoms with Crippen molar-refractivity contribution >= 4 is 5.91 Å². The molecule has 0 N–H and O–H groups in total. The highest BCUT2D eigenvalue weighted by Gasteiger charge is 2.31. The molecular formula is C20H25F3N4O2. The van der Waals surface area contributed by atoms with E-state index in [4.69, 9.17) is 4.74 Å². The van der Waals surface area contributed by atoms with Crippen molar-refractivity contribution in [2.45, 2.75) is 45.8 Å². The fourth-order valence-corrected chi connectivity index (χ4v) is 3.90.